The monoisotopic (exact) mass is 720 g/mol. The predicted molar refractivity (Wildman–Crippen MR) is 162 cm³/mol. The molecule has 9 aromatic rings. The van der Waals surface area contributed by atoms with Crippen LogP contribution in [-0.2, 0) is 21.1 Å². The van der Waals surface area contributed by atoms with Gasteiger partial charge in [-0.15, -0.1) is 35.7 Å². The normalized spacial score (nSPS) is 11.6. The molecule has 5 heterocycles. The molecule has 0 radical (unpaired) electrons. The minimum atomic E-state index is 0. The van der Waals surface area contributed by atoms with Crippen LogP contribution in [0.25, 0.3) is 66.1 Å². The molecule has 6 nitrogen and oxygen atoms in total. The van der Waals surface area contributed by atoms with Crippen molar-refractivity contribution in [2.75, 3.05) is 0 Å². The fraction of sp³-hybridized carbons (Fsp3) is 0. The molecule has 0 aliphatic carbocycles. The Kier molecular flexibility index (Phi) is 5.59. The van der Waals surface area contributed by atoms with Crippen molar-refractivity contribution < 1.29 is 25.8 Å². The van der Waals surface area contributed by atoms with E-state index in [4.69, 9.17) is 19.7 Å². The Morgan fingerprint density at radius 3 is 2.17 bits per heavy atom. The van der Waals surface area contributed by atoms with Crippen LogP contribution in [-0.4, -0.2) is 23.9 Å². The number of benzene rings is 4. The number of hydrogen-bond donors (Lipinski definition) is 0. The number of nitrogens with zero attached hydrogens (tertiary/aromatic N) is 5. The first-order chi connectivity index (χ1) is 20.3. The zero-order valence-corrected chi connectivity index (χ0v) is 24.2. The van der Waals surface area contributed by atoms with Crippen LogP contribution < -0.4 is 4.74 Å². The van der Waals surface area contributed by atoms with Crippen molar-refractivity contribution in [1.82, 2.24) is 23.9 Å². The second-order valence-electron chi connectivity index (χ2n) is 9.96. The first-order valence-corrected chi connectivity index (χ1v) is 13.4. The molecule has 0 fully saturated rings. The molecule has 0 spiro atoms. The number of ether oxygens (including phenoxy) is 1. The molecule has 9 rings (SSSR count). The standard InChI is InChI=1S/C35H19N5O.Pt/c1-2-10-22(11-3-1)39-28-15-7-4-12-23(28)24-18-20-32(38-34(24)39)41-31-21-19-26-33(37-31)25-13-5-8-16-29(25)40-30-17-9-6-14-27(30)36-35(26)40;/h1-10,12,14-21H;/q-2;+2. The smallest absolute Gasteiger partial charge is 0.421 e. The molecule has 0 N–H and O–H groups in total. The predicted octanol–water partition coefficient (Wildman–Crippen LogP) is 8.07. The van der Waals surface area contributed by atoms with Gasteiger partial charge in [0.2, 0.25) is 11.8 Å². The largest absolute Gasteiger partial charge is 2.00 e. The van der Waals surface area contributed by atoms with E-state index in [0.29, 0.717) is 11.8 Å². The van der Waals surface area contributed by atoms with E-state index >= 15 is 0 Å². The van der Waals surface area contributed by atoms with E-state index < -0.39 is 0 Å². The van der Waals surface area contributed by atoms with Gasteiger partial charge in [-0.3, -0.25) is 4.98 Å². The Hall–Kier alpha value is -5.06. The number of aromatic nitrogens is 5. The molecular weight excluding hydrogens is 701 g/mol. The molecule has 7 heteroatoms. The van der Waals surface area contributed by atoms with Crippen molar-refractivity contribution in [1.29, 1.82) is 0 Å². The zero-order valence-electron chi connectivity index (χ0n) is 21.9. The van der Waals surface area contributed by atoms with E-state index in [1.807, 2.05) is 84.9 Å². The number of fused-ring (bicyclic) bond motifs is 11. The SMILES string of the molecule is [Pt+2].[c-]1ccccc1-n1c2ccccc2c2ccc(Oc3ccc4c(n3)c3[c-]cccc3n3c5ccccc5nc43)nc21. The van der Waals surface area contributed by atoms with E-state index in [-0.39, 0.29) is 21.1 Å². The number of pyridine rings is 3. The van der Waals surface area contributed by atoms with Crippen LogP contribution in [0.15, 0.2) is 115 Å². The maximum atomic E-state index is 6.31. The van der Waals surface area contributed by atoms with Crippen molar-refractivity contribution in [2.24, 2.45) is 0 Å². The van der Waals surface area contributed by atoms with Crippen LogP contribution in [0, 0.1) is 12.1 Å². The fourth-order valence-electron chi connectivity index (χ4n) is 5.88. The van der Waals surface area contributed by atoms with Gasteiger partial charge in [0.05, 0.1) is 16.6 Å². The Morgan fingerprint density at radius 2 is 1.29 bits per heavy atom. The summed E-state index contributed by atoms with van der Waals surface area (Å²) < 4.78 is 10.6. The summed E-state index contributed by atoms with van der Waals surface area (Å²) in [6.45, 7) is 0. The molecule has 42 heavy (non-hydrogen) atoms. The number of imidazole rings is 1. The average molecular weight is 721 g/mol. The van der Waals surface area contributed by atoms with Crippen molar-refractivity contribution in [2.45, 2.75) is 0 Å². The van der Waals surface area contributed by atoms with E-state index in [1.54, 1.807) is 0 Å². The molecule has 0 aliphatic rings. The van der Waals surface area contributed by atoms with Crippen LogP contribution in [0.4, 0.5) is 0 Å². The van der Waals surface area contributed by atoms with Gasteiger partial charge in [0.1, 0.15) is 11.3 Å². The summed E-state index contributed by atoms with van der Waals surface area (Å²) in [6, 6.07) is 45.0. The van der Waals surface area contributed by atoms with Crippen LogP contribution >= 0.6 is 0 Å². The molecule has 0 saturated heterocycles. The van der Waals surface area contributed by atoms with E-state index in [2.05, 4.69) is 51.4 Å². The third-order valence-electron chi connectivity index (χ3n) is 7.62. The summed E-state index contributed by atoms with van der Waals surface area (Å²) in [4.78, 5) is 14.9. The fourth-order valence-corrected chi connectivity index (χ4v) is 5.88. The first-order valence-electron chi connectivity index (χ1n) is 13.4. The maximum Gasteiger partial charge on any atom is 2.00 e. The molecule has 0 amide bonds. The van der Waals surface area contributed by atoms with Crippen molar-refractivity contribution >= 4 is 60.4 Å². The molecule has 0 bridgehead atoms. The van der Waals surface area contributed by atoms with Gasteiger partial charge in [-0.1, -0.05) is 42.1 Å². The quantitative estimate of drug-likeness (QED) is 0.137. The summed E-state index contributed by atoms with van der Waals surface area (Å²) >= 11 is 0. The van der Waals surface area contributed by atoms with E-state index in [1.165, 1.54) is 0 Å². The second-order valence-corrected chi connectivity index (χ2v) is 9.96. The molecule has 0 unspecified atom stereocenters. The Labute approximate surface area is 254 Å². The minimum absolute atomic E-state index is 0. The molecule has 0 aliphatic heterocycles. The van der Waals surface area contributed by atoms with Crippen LogP contribution in [0.2, 0.25) is 0 Å². The van der Waals surface area contributed by atoms with Gasteiger partial charge in [-0.05, 0) is 35.8 Å². The van der Waals surface area contributed by atoms with Gasteiger partial charge >= 0.3 is 21.1 Å². The Balaban J connectivity index is 0.00000267. The first kappa shape index (κ1) is 24.7. The maximum absolute atomic E-state index is 6.31. The van der Waals surface area contributed by atoms with Crippen LogP contribution in [0.3, 0.4) is 0 Å². The molecule has 5 aromatic heterocycles. The Morgan fingerprint density at radius 1 is 0.548 bits per heavy atom. The summed E-state index contributed by atoms with van der Waals surface area (Å²) in [7, 11) is 0. The Bertz CT molecular complexity index is 2460. The number of rotatable bonds is 3. The second kappa shape index (κ2) is 9.50. The number of para-hydroxylation sites is 4. The van der Waals surface area contributed by atoms with Crippen LogP contribution in [0.5, 0.6) is 11.8 Å². The third-order valence-corrected chi connectivity index (χ3v) is 7.62. The van der Waals surface area contributed by atoms with Gasteiger partial charge < -0.3 is 13.7 Å². The third kappa shape index (κ3) is 3.59. The average Bonchev–Trinajstić information content (AvgIpc) is 3.58. The molecule has 0 atom stereocenters. The molecular formula is C35H19N5OPt. The van der Waals surface area contributed by atoms with Crippen molar-refractivity contribution in [3.05, 3.63) is 127 Å². The zero-order chi connectivity index (χ0) is 26.9. The van der Waals surface area contributed by atoms with Crippen molar-refractivity contribution in [3.8, 4) is 17.4 Å². The molecule has 4 aromatic carbocycles. The summed E-state index contributed by atoms with van der Waals surface area (Å²) in [5, 5.41) is 4.02. The molecule has 0 saturated carbocycles. The molecule has 200 valence electrons. The van der Waals surface area contributed by atoms with Gasteiger partial charge in [-0.25, -0.2) is 4.98 Å². The van der Waals surface area contributed by atoms with Gasteiger partial charge in [0.15, 0.2) is 0 Å². The summed E-state index contributed by atoms with van der Waals surface area (Å²) in [5.41, 5.74) is 7.42. The van der Waals surface area contributed by atoms with Gasteiger partial charge in [-0.2, -0.15) is 29.2 Å². The van der Waals surface area contributed by atoms with Crippen molar-refractivity contribution in [3.63, 3.8) is 0 Å². The van der Waals surface area contributed by atoms with Crippen LogP contribution in [0.1, 0.15) is 0 Å². The summed E-state index contributed by atoms with van der Waals surface area (Å²) in [6.07, 6.45) is 0. The number of hydrogen-bond acceptors (Lipinski definition) is 4. The summed E-state index contributed by atoms with van der Waals surface area (Å²) in [5.74, 6) is 0.919. The minimum Gasteiger partial charge on any atom is -0.421 e. The topological polar surface area (TPSA) is 57.2 Å². The van der Waals surface area contributed by atoms with E-state index in [0.717, 1.165) is 66.1 Å². The van der Waals surface area contributed by atoms with Gasteiger partial charge in [0.25, 0.3) is 0 Å². The van der Waals surface area contributed by atoms with E-state index in [9.17, 15) is 0 Å². The van der Waals surface area contributed by atoms with Gasteiger partial charge in [0, 0.05) is 27.7 Å².